The van der Waals surface area contributed by atoms with Crippen LogP contribution in [0.3, 0.4) is 0 Å². The second-order valence-electron chi connectivity index (χ2n) is 8.09. The van der Waals surface area contributed by atoms with Crippen LogP contribution in [-0.2, 0) is 9.47 Å². The van der Waals surface area contributed by atoms with Crippen LogP contribution < -0.4 is 0 Å². The van der Waals surface area contributed by atoms with Crippen LogP contribution >= 0.6 is 0 Å². The first-order chi connectivity index (χ1) is 12.3. The van der Waals surface area contributed by atoms with Gasteiger partial charge >= 0.3 is 0 Å². The SMILES string of the molecule is CCCCC1CCC(c2ccc(C3COC(CCC)CO3)cc2)CC1. The Bertz CT molecular complexity index is 479. The molecule has 0 spiro atoms. The molecule has 1 aromatic carbocycles. The minimum absolute atomic E-state index is 0.118. The largest absolute Gasteiger partial charge is 0.373 e. The zero-order chi connectivity index (χ0) is 17.5. The molecule has 0 bridgehead atoms. The lowest BCUT2D eigenvalue weighted by Gasteiger charge is -2.31. The third kappa shape index (κ3) is 5.31. The topological polar surface area (TPSA) is 18.5 Å². The van der Waals surface area contributed by atoms with E-state index in [1.165, 1.54) is 56.1 Å². The molecule has 25 heavy (non-hydrogen) atoms. The number of benzene rings is 1. The summed E-state index contributed by atoms with van der Waals surface area (Å²) in [5, 5.41) is 0. The van der Waals surface area contributed by atoms with Crippen molar-refractivity contribution in [3.63, 3.8) is 0 Å². The second kappa shape index (κ2) is 9.73. The fourth-order valence-electron chi connectivity index (χ4n) is 4.48. The van der Waals surface area contributed by atoms with Crippen molar-refractivity contribution in [3.05, 3.63) is 35.4 Å². The Morgan fingerprint density at radius 2 is 1.52 bits per heavy atom. The molecule has 1 saturated carbocycles. The molecule has 0 aromatic heterocycles. The molecule has 0 amide bonds. The number of unbranched alkanes of at least 4 members (excludes halogenated alkanes) is 1. The van der Waals surface area contributed by atoms with Crippen molar-refractivity contribution in [1.82, 2.24) is 0 Å². The van der Waals surface area contributed by atoms with E-state index < -0.39 is 0 Å². The lowest BCUT2D eigenvalue weighted by Crippen LogP contribution is -2.30. The Morgan fingerprint density at radius 1 is 0.800 bits per heavy atom. The molecule has 3 rings (SSSR count). The number of hydrogen-bond donors (Lipinski definition) is 0. The van der Waals surface area contributed by atoms with Gasteiger partial charge in [0.25, 0.3) is 0 Å². The van der Waals surface area contributed by atoms with Gasteiger partial charge in [-0.3, -0.25) is 0 Å². The normalized spacial score (nSPS) is 30.3. The van der Waals surface area contributed by atoms with E-state index in [1.807, 2.05) is 0 Å². The van der Waals surface area contributed by atoms with E-state index in [-0.39, 0.29) is 6.10 Å². The molecule has 2 aliphatic rings. The maximum Gasteiger partial charge on any atom is 0.106 e. The Hall–Kier alpha value is -0.860. The van der Waals surface area contributed by atoms with Crippen LogP contribution in [0.25, 0.3) is 0 Å². The molecule has 2 fully saturated rings. The summed E-state index contributed by atoms with van der Waals surface area (Å²) in [6.45, 7) is 5.94. The highest BCUT2D eigenvalue weighted by atomic mass is 16.6. The van der Waals surface area contributed by atoms with Gasteiger partial charge in [0.05, 0.1) is 19.3 Å². The smallest absolute Gasteiger partial charge is 0.106 e. The first-order valence-electron chi connectivity index (χ1n) is 10.6. The van der Waals surface area contributed by atoms with Crippen molar-refractivity contribution >= 4 is 0 Å². The van der Waals surface area contributed by atoms with Crippen LogP contribution in [0, 0.1) is 5.92 Å². The van der Waals surface area contributed by atoms with Crippen LogP contribution in [-0.4, -0.2) is 19.3 Å². The average molecular weight is 345 g/mol. The van der Waals surface area contributed by atoms with Gasteiger partial charge in [0.2, 0.25) is 0 Å². The van der Waals surface area contributed by atoms with Crippen molar-refractivity contribution in [3.8, 4) is 0 Å². The molecule has 1 aliphatic carbocycles. The van der Waals surface area contributed by atoms with Gasteiger partial charge in [0.15, 0.2) is 0 Å². The maximum absolute atomic E-state index is 6.04. The van der Waals surface area contributed by atoms with Crippen LogP contribution in [0.5, 0.6) is 0 Å². The van der Waals surface area contributed by atoms with Gasteiger partial charge in [0, 0.05) is 0 Å². The van der Waals surface area contributed by atoms with E-state index in [0.29, 0.717) is 12.7 Å². The lowest BCUT2D eigenvalue weighted by molar-refractivity contribution is -0.137. The summed E-state index contributed by atoms with van der Waals surface area (Å²) < 4.78 is 12.0. The number of ether oxygens (including phenoxy) is 2. The number of rotatable bonds is 7. The average Bonchev–Trinajstić information content (AvgIpc) is 2.68. The molecule has 2 atom stereocenters. The molecule has 140 valence electrons. The predicted molar refractivity (Wildman–Crippen MR) is 104 cm³/mol. The van der Waals surface area contributed by atoms with Crippen molar-refractivity contribution in [2.24, 2.45) is 5.92 Å². The molecular weight excluding hydrogens is 308 g/mol. The molecular formula is C23H36O2. The van der Waals surface area contributed by atoms with E-state index in [9.17, 15) is 0 Å². The molecule has 1 saturated heterocycles. The van der Waals surface area contributed by atoms with Gasteiger partial charge in [0.1, 0.15) is 6.10 Å². The third-order valence-corrected chi connectivity index (χ3v) is 6.17. The lowest BCUT2D eigenvalue weighted by atomic mass is 9.77. The van der Waals surface area contributed by atoms with Crippen LogP contribution in [0.2, 0.25) is 0 Å². The maximum atomic E-state index is 6.04. The van der Waals surface area contributed by atoms with E-state index in [0.717, 1.165) is 31.3 Å². The van der Waals surface area contributed by atoms with Gasteiger partial charge in [-0.2, -0.15) is 0 Å². The summed E-state index contributed by atoms with van der Waals surface area (Å²) in [5.74, 6) is 1.75. The fraction of sp³-hybridized carbons (Fsp3) is 0.739. The van der Waals surface area contributed by atoms with Gasteiger partial charge < -0.3 is 9.47 Å². The van der Waals surface area contributed by atoms with E-state index in [2.05, 4.69) is 38.1 Å². The van der Waals surface area contributed by atoms with E-state index in [4.69, 9.17) is 9.47 Å². The predicted octanol–water partition coefficient (Wildman–Crippen LogP) is 6.41. The van der Waals surface area contributed by atoms with Crippen LogP contribution in [0.4, 0.5) is 0 Å². The molecule has 0 radical (unpaired) electrons. The van der Waals surface area contributed by atoms with E-state index in [1.54, 1.807) is 0 Å². The Labute approximate surface area is 154 Å². The Kier molecular flexibility index (Phi) is 7.36. The zero-order valence-electron chi connectivity index (χ0n) is 16.2. The minimum Gasteiger partial charge on any atom is -0.373 e. The molecule has 2 nitrogen and oxygen atoms in total. The standard InChI is InChI=1S/C23H36O2/c1-3-5-7-18-8-10-19(11-9-18)20-12-14-21(15-13-20)23-17-24-22(6-4-2)16-25-23/h12-15,18-19,22-23H,3-11,16-17H2,1-2H3. The van der Waals surface area contributed by atoms with Crippen LogP contribution in [0.15, 0.2) is 24.3 Å². The minimum atomic E-state index is 0.118. The highest BCUT2D eigenvalue weighted by molar-refractivity contribution is 5.27. The van der Waals surface area contributed by atoms with Gasteiger partial charge in [-0.25, -0.2) is 0 Å². The third-order valence-electron chi connectivity index (χ3n) is 6.17. The molecule has 1 heterocycles. The molecule has 1 aromatic rings. The monoisotopic (exact) mass is 344 g/mol. The summed E-state index contributed by atoms with van der Waals surface area (Å²) in [7, 11) is 0. The summed E-state index contributed by atoms with van der Waals surface area (Å²) in [6, 6.07) is 9.22. The molecule has 2 heteroatoms. The van der Waals surface area contributed by atoms with Crippen molar-refractivity contribution in [2.45, 2.75) is 89.8 Å². The highest BCUT2D eigenvalue weighted by Crippen LogP contribution is 2.38. The van der Waals surface area contributed by atoms with Crippen molar-refractivity contribution in [1.29, 1.82) is 0 Å². The summed E-state index contributed by atoms with van der Waals surface area (Å²) in [4.78, 5) is 0. The second-order valence-corrected chi connectivity index (χ2v) is 8.09. The van der Waals surface area contributed by atoms with Crippen molar-refractivity contribution in [2.75, 3.05) is 13.2 Å². The molecule has 0 N–H and O–H groups in total. The fourth-order valence-corrected chi connectivity index (χ4v) is 4.48. The van der Waals surface area contributed by atoms with Gasteiger partial charge in [-0.1, -0.05) is 63.8 Å². The Balaban J connectivity index is 1.48. The van der Waals surface area contributed by atoms with E-state index >= 15 is 0 Å². The molecule has 2 unspecified atom stereocenters. The number of hydrogen-bond acceptors (Lipinski definition) is 2. The summed E-state index contributed by atoms with van der Waals surface area (Å²) in [5.41, 5.74) is 2.80. The van der Waals surface area contributed by atoms with Crippen molar-refractivity contribution < 1.29 is 9.47 Å². The van der Waals surface area contributed by atoms with Gasteiger partial charge in [-0.05, 0) is 55.1 Å². The van der Waals surface area contributed by atoms with Crippen LogP contribution in [0.1, 0.15) is 94.8 Å². The Morgan fingerprint density at radius 3 is 2.12 bits per heavy atom. The quantitative estimate of drug-likeness (QED) is 0.569. The first kappa shape index (κ1) is 18.9. The molecule has 1 aliphatic heterocycles. The first-order valence-corrected chi connectivity index (χ1v) is 10.6. The van der Waals surface area contributed by atoms with Gasteiger partial charge in [-0.15, -0.1) is 0 Å². The summed E-state index contributed by atoms with van der Waals surface area (Å²) in [6.07, 6.45) is 12.5. The highest BCUT2D eigenvalue weighted by Gasteiger charge is 2.24. The summed E-state index contributed by atoms with van der Waals surface area (Å²) >= 11 is 0. The zero-order valence-corrected chi connectivity index (χ0v) is 16.2.